The molecule has 0 saturated carbocycles. The van der Waals surface area contributed by atoms with Crippen LogP contribution in [0.2, 0.25) is 0 Å². The van der Waals surface area contributed by atoms with Crippen LogP contribution in [0.5, 0.6) is 5.75 Å². The maximum atomic E-state index is 13.1. The lowest BCUT2D eigenvalue weighted by Gasteiger charge is -2.18. The molecule has 2 N–H and O–H groups in total. The van der Waals surface area contributed by atoms with E-state index in [0.29, 0.717) is 33.3 Å². The van der Waals surface area contributed by atoms with E-state index in [4.69, 9.17) is 0 Å². The van der Waals surface area contributed by atoms with Crippen molar-refractivity contribution in [2.45, 2.75) is 17.2 Å². The molecule has 7 nitrogen and oxygen atoms in total. The Morgan fingerprint density at radius 2 is 1.94 bits per heavy atom. The van der Waals surface area contributed by atoms with Crippen LogP contribution < -0.4 is 5.32 Å². The standard InChI is InChI=1S/C23H19N3O4S/c1-26-18-10-16(14-6-5-9-24-11-14)22(27)17-12-25-23(28)21(20(17)18)19(26)13-31(29,30)15-7-3-2-4-8-15/h2-11,27H,12-13H2,1H3,(H,25,28). The maximum Gasteiger partial charge on any atom is 0.254 e. The van der Waals surface area contributed by atoms with Gasteiger partial charge in [0.15, 0.2) is 9.84 Å². The second-order valence-electron chi connectivity index (χ2n) is 7.52. The zero-order valence-electron chi connectivity index (χ0n) is 16.7. The molecule has 5 rings (SSSR count). The molecule has 8 heteroatoms. The largest absolute Gasteiger partial charge is 0.507 e. The number of phenolic OH excluding ortho intramolecular Hbond substituents is 1. The van der Waals surface area contributed by atoms with Crippen LogP contribution in [0.4, 0.5) is 0 Å². The number of amides is 1. The van der Waals surface area contributed by atoms with Crippen molar-refractivity contribution >= 4 is 26.6 Å². The number of nitrogens with one attached hydrogen (secondary N) is 1. The van der Waals surface area contributed by atoms with Gasteiger partial charge in [0.2, 0.25) is 0 Å². The molecule has 0 unspecified atom stereocenters. The van der Waals surface area contributed by atoms with Gasteiger partial charge >= 0.3 is 0 Å². The Morgan fingerprint density at radius 3 is 2.65 bits per heavy atom. The molecule has 2 aromatic heterocycles. The molecule has 0 saturated heterocycles. The molecule has 3 heterocycles. The molecule has 0 bridgehead atoms. The van der Waals surface area contributed by atoms with E-state index in [9.17, 15) is 18.3 Å². The van der Waals surface area contributed by atoms with Crippen LogP contribution in [0.25, 0.3) is 22.0 Å². The summed E-state index contributed by atoms with van der Waals surface area (Å²) in [4.78, 5) is 17.1. The van der Waals surface area contributed by atoms with Crippen molar-refractivity contribution < 1.29 is 18.3 Å². The van der Waals surface area contributed by atoms with Crippen LogP contribution >= 0.6 is 0 Å². The minimum Gasteiger partial charge on any atom is -0.507 e. The highest BCUT2D eigenvalue weighted by Gasteiger charge is 2.32. The highest BCUT2D eigenvalue weighted by Crippen LogP contribution is 2.42. The van der Waals surface area contributed by atoms with Crippen molar-refractivity contribution in [3.05, 3.63) is 77.7 Å². The number of hydrogen-bond acceptors (Lipinski definition) is 5. The molecule has 0 fully saturated rings. The molecule has 1 amide bonds. The molecule has 2 aromatic carbocycles. The molecule has 0 spiro atoms. The van der Waals surface area contributed by atoms with Gasteiger partial charge < -0.3 is 15.0 Å². The van der Waals surface area contributed by atoms with Crippen LogP contribution in [-0.2, 0) is 29.2 Å². The van der Waals surface area contributed by atoms with Gasteiger partial charge in [0.05, 0.1) is 21.7 Å². The number of phenols is 1. The Labute approximate surface area is 178 Å². The molecule has 0 atom stereocenters. The SMILES string of the molecule is Cn1c(CS(=O)(=O)c2ccccc2)c2c3c(c(O)c(-c4cccnc4)cc31)CNC2=O. The van der Waals surface area contributed by atoms with E-state index in [-0.39, 0.29) is 28.8 Å². The molecule has 1 aliphatic rings. The molecular weight excluding hydrogens is 414 g/mol. The number of carbonyl (C=O) groups is 1. The fourth-order valence-corrected chi connectivity index (χ4v) is 5.63. The molecular formula is C23H19N3O4S. The summed E-state index contributed by atoms with van der Waals surface area (Å²) in [6.07, 6.45) is 3.30. The van der Waals surface area contributed by atoms with Crippen LogP contribution in [-0.4, -0.2) is 29.0 Å². The Morgan fingerprint density at radius 1 is 1.16 bits per heavy atom. The summed E-state index contributed by atoms with van der Waals surface area (Å²) in [5.41, 5.74) is 3.26. The highest BCUT2D eigenvalue weighted by atomic mass is 32.2. The number of hydrogen-bond donors (Lipinski definition) is 2. The fourth-order valence-electron chi connectivity index (χ4n) is 4.19. The summed E-state index contributed by atoms with van der Waals surface area (Å²) in [5.74, 6) is -0.609. The van der Waals surface area contributed by atoms with Gasteiger partial charge in [-0.05, 0) is 24.3 Å². The molecule has 4 aromatic rings. The van der Waals surface area contributed by atoms with E-state index in [1.165, 1.54) is 0 Å². The second kappa shape index (κ2) is 6.95. The van der Waals surface area contributed by atoms with Gasteiger partial charge in [-0.2, -0.15) is 0 Å². The molecule has 1 aliphatic heterocycles. The van der Waals surface area contributed by atoms with Gasteiger partial charge in [0.25, 0.3) is 5.91 Å². The number of nitrogens with zero attached hydrogens (tertiary/aromatic N) is 2. The lowest BCUT2D eigenvalue weighted by Crippen LogP contribution is -2.28. The van der Waals surface area contributed by atoms with Crippen molar-refractivity contribution in [2.75, 3.05) is 0 Å². The smallest absolute Gasteiger partial charge is 0.254 e. The summed E-state index contributed by atoms with van der Waals surface area (Å²) in [5, 5.41) is 14.4. The third-order valence-corrected chi connectivity index (χ3v) is 7.38. The first-order valence-electron chi connectivity index (χ1n) is 9.71. The predicted octanol–water partition coefficient (Wildman–Crippen LogP) is 3.16. The van der Waals surface area contributed by atoms with Gasteiger partial charge in [0, 0.05) is 53.8 Å². The Hall–Kier alpha value is -3.65. The number of carbonyl (C=O) groups excluding carboxylic acids is 1. The van der Waals surface area contributed by atoms with Crippen molar-refractivity contribution in [3.63, 3.8) is 0 Å². The van der Waals surface area contributed by atoms with E-state index < -0.39 is 9.84 Å². The average Bonchev–Trinajstić information content (AvgIpc) is 3.05. The number of rotatable bonds is 4. The summed E-state index contributed by atoms with van der Waals surface area (Å²) in [6.45, 7) is 0.164. The maximum absolute atomic E-state index is 13.1. The van der Waals surface area contributed by atoms with Crippen LogP contribution in [0.15, 0.2) is 65.8 Å². The third kappa shape index (κ3) is 2.98. The van der Waals surface area contributed by atoms with Gasteiger partial charge in [-0.1, -0.05) is 24.3 Å². The van der Waals surface area contributed by atoms with Gasteiger partial charge in [-0.15, -0.1) is 0 Å². The quantitative estimate of drug-likeness (QED) is 0.515. The first-order chi connectivity index (χ1) is 14.9. The van der Waals surface area contributed by atoms with E-state index in [2.05, 4.69) is 10.3 Å². The van der Waals surface area contributed by atoms with E-state index >= 15 is 0 Å². The monoisotopic (exact) mass is 433 g/mol. The van der Waals surface area contributed by atoms with E-state index in [0.717, 1.165) is 5.56 Å². The normalized spacial score (nSPS) is 13.4. The van der Waals surface area contributed by atoms with E-state index in [1.807, 2.05) is 6.07 Å². The minimum atomic E-state index is -3.67. The predicted molar refractivity (Wildman–Crippen MR) is 116 cm³/mol. The summed E-state index contributed by atoms with van der Waals surface area (Å²) in [7, 11) is -1.93. The first kappa shape index (κ1) is 19.3. The summed E-state index contributed by atoms with van der Waals surface area (Å²) >= 11 is 0. The lowest BCUT2D eigenvalue weighted by molar-refractivity contribution is 0.0948. The zero-order valence-corrected chi connectivity index (χ0v) is 17.5. The average molecular weight is 433 g/mol. The Kier molecular flexibility index (Phi) is 4.33. The van der Waals surface area contributed by atoms with E-state index in [1.54, 1.807) is 66.5 Å². The molecule has 156 valence electrons. The van der Waals surface area contributed by atoms with Crippen molar-refractivity contribution in [1.29, 1.82) is 0 Å². The number of aryl methyl sites for hydroxylation is 1. The molecule has 0 radical (unpaired) electrons. The number of benzene rings is 2. The zero-order chi connectivity index (χ0) is 21.8. The Bertz CT molecular complexity index is 1440. The minimum absolute atomic E-state index is 0.0600. The van der Waals surface area contributed by atoms with Crippen molar-refractivity contribution in [1.82, 2.24) is 14.9 Å². The number of aromatic hydroxyl groups is 1. The van der Waals surface area contributed by atoms with Crippen LogP contribution in [0, 0.1) is 0 Å². The Balaban J connectivity index is 1.77. The molecule has 31 heavy (non-hydrogen) atoms. The number of aromatic nitrogens is 2. The third-order valence-electron chi connectivity index (χ3n) is 5.74. The first-order valence-corrected chi connectivity index (χ1v) is 11.4. The topological polar surface area (TPSA) is 101 Å². The van der Waals surface area contributed by atoms with Gasteiger partial charge in [-0.3, -0.25) is 9.78 Å². The summed E-state index contributed by atoms with van der Waals surface area (Å²) < 4.78 is 27.9. The van der Waals surface area contributed by atoms with Gasteiger partial charge in [-0.25, -0.2) is 8.42 Å². The second-order valence-corrected chi connectivity index (χ2v) is 9.51. The van der Waals surface area contributed by atoms with Crippen LogP contribution in [0.3, 0.4) is 0 Å². The van der Waals surface area contributed by atoms with Crippen molar-refractivity contribution in [3.8, 4) is 16.9 Å². The lowest BCUT2D eigenvalue weighted by atomic mass is 9.94. The fraction of sp³-hybridized carbons (Fsp3) is 0.130. The van der Waals surface area contributed by atoms with Crippen molar-refractivity contribution in [2.24, 2.45) is 7.05 Å². The summed E-state index contributed by atoms with van der Waals surface area (Å²) in [6, 6.07) is 13.6. The number of pyridine rings is 1. The molecule has 0 aliphatic carbocycles. The highest BCUT2D eigenvalue weighted by molar-refractivity contribution is 7.90. The van der Waals surface area contributed by atoms with Gasteiger partial charge in [0.1, 0.15) is 5.75 Å². The van der Waals surface area contributed by atoms with Crippen LogP contribution in [0.1, 0.15) is 21.6 Å². The number of sulfone groups is 1.